The van der Waals surface area contributed by atoms with Gasteiger partial charge in [-0.1, -0.05) is 26.3 Å². The lowest BCUT2D eigenvalue weighted by molar-refractivity contribution is -0.116. The van der Waals surface area contributed by atoms with E-state index in [0.29, 0.717) is 6.42 Å². The Kier molecular flexibility index (Phi) is 7.36. The number of nitrogens with one attached hydrogen (secondary N) is 1. The summed E-state index contributed by atoms with van der Waals surface area (Å²) in [6.07, 6.45) is 5.07. The molecular weight excluding hydrogens is 162 g/mol. The molecule has 2 nitrogen and oxygen atoms in total. The van der Waals surface area contributed by atoms with E-state index in [1.807, 2.05) is 0 Å². The van der Waals surface area contributed by atoms with Crippen molar-refractivity contribution in [3.63, 3.8) is 0 Å². The maximum absolute atomic E-state index is 10.7. The molecule has 0 spiro atoms. The van der Waals surface area contributed by atoms with Crippen LogP contribution in [0.1, 0.15) is 46.0 Å². The molecule has 0 amide bonds. The summed E-state index contributed by atoms with van der Waals surface area (Å²) in [5, 5.41) is 3.23. The van der Waals surface area contributed by atoms with Crippen LogP contribution in [0.3, 0.4) is 0 Å². The highest BCUT2D eigenvalue weighted by Crippen LogP contribution is 2.00. The molecule has 0 atom stereocenters. The van der Waals surface area contributed by atoms with Crippen LogP contribution in [-0.2, 0) is 4.79 Å². The molecule has 0 bridgehead atoms. The van der Waals surface area contributed by atoms with Crippen molar-refractivity contribution < 1.29 is 4.79 Å². The third-order valence-corrected chi connectivity index (χ3v) is 1.93. The molecule has 0 saturated heterocycles. The number of Topliss-reactive ketones (excluding diaryl/α,β-unsaturated/α-hetero) is 1. The SMILES string of the molecule is C=C(CCC(C)=O)NCCCCC. The zero-order valence-corrected chi connectivity index (χ0v) is 8.86. The van der Waals surface area contributed by atoms with Gasteiger partial charge in [-0.05, 0) is 19.8 Å². The van der Waals surface area contributed by atoms with Gasteiger partial charge >= 0.3 is 0 Å². The lowest BCUT2D eigenvalue weighted by atomic mass is 10.2. The van der Waals surface area contributed by atoms with Crippen LogP contribution in [0.4, 0.5) is 0 Å². The van der Waals surface area contributed by atoms with Gasteiger partial charge in [0.25, 0.3) is 0 Å². The quantitative estimate of drug-likeness (QED) is 0.586. The molecule has 0 radical (unpaired) electrons. The third kappa shape index (κ3) is 9.12. The molecule has 0 aromatic rings. The fourth-order valence-electron chi connectivity index (χ4n) is 1.06. The smallest absolute Gasteiger partial charge is 0.130 e. The Bertz CT molecular complexity index is 163. The van der Waals surface area contributed by atoms with Crippen molar-refractivity contribution in [2.45, 2.75) is 46.0 Å². The number of rotatable bonds is 8. The Morgan fingerprint density at radius 2 is 2.00 bits per heavy atom. The normalized spacial score (nSPS) is 9.69. The van der Waals surface area contributed by atoms with E-state index in [0.717, 1.165) is 18.7 Å². The zero-order chi connectivity index (χ0) is 10.1. The predicted octanol–water partition coefficient (Wildman–Crippen LogP) is 2.65. The summed E-state index contributed by atoms with van der Waals surface area (Å²) >= 11 is 0. The topological polar surface area (TPSA) is 29.1 Å². The highest BCUT2D eigenvalue weighted by molar-refractivity contribution is 5.75. The van der Waals surface area contributed by atoms with Crippen LogP contribution in [0.2, 0.25) is 0 Å². The minimum absolute atomic E-state index is 0.233. The lowest BCUT2D eigenvalue weighted by Gasteiger charge is -2.07. The first-order chi connectivity index (χ1) is 6.16. The van der Waals surface area contributed by atoms with Gasteiger partial charge in [-0.15, -0.1) is 0 Å². The molecular formula is C11H21NO. The summed E-state index contributed by atoms with van der Waals surface area (Å²) in [6.45, 7) is 8.65. The highest BCUT2D eigenvalue weighted by atomic mass is 16.1. The Morgan fingerprint density at radius 1 is 1.31 bits per heavy atom. The zero-order valence-electron chi connectivity index (χ0n) is 8.86. The van der Waals surface area contributed by atoms with E-state index in [2.05, 4.69) is 18.8 Å². The molecule has 1 N–H and O–H groups in total. The van der Waals surface area contributed by atoms with Crippen molar-refractivity contribution in [1.29, 1.82) is 0 Å². The van der Waals surface area contributed by atoms with Crippen LogP contribution in [-0.4, -0.2) is 12.3 Å². The van der Waals surface area contributed by atoms with E-state index >= 15 is 0 Å². The Balaban J connectivity index is 3.25. The Labute approximate surface area is 81.4 Å². The maximum Gasteiger partial charge on any atom is 0.130 e. The first-order valence-corrected chi connectivity index (χ1v) is 5.08. The van der Waals surface area contributed by atoms with E-state index in [1.165, 1.54) is 19.3 Å². The molecule has 0 aliphatic heterocycles. The molecule has 2 heteroatoms. The van der Waals surface area contributed by atoms with Gasteiger partial charge in [-0.25, -0.2) is 0 Å². The van der Waals surface area contributed by atoms with Gasteiger partial charge in [0.05, 0.1) is 0 Å². The number of ketones is 1. The lowest BCUT2D eigenvalue weighted by Crippen LogP contribution is -2.14. The number of carbonyl (C=O) groups is 1. The standard InChI is InChI=1S/C11H21NO/c1-4-5-6-9-12-10(2)7-8-11(3)13/h12H,2,4-9H2,1,3H3. The molecule has 0 fully saturated rings. The van der Waals surface area contributed by atoms with Gasteiger partial charge in [0.1, 0.15) is 5.78 Å². The summed E-state index contributed by atoms with van der Waals surface area (Å²) < 4.78 is 0. The van der Waals surface area contributed by atoms with Crippen molar-refractivity contribution in [3.05, 3.63) is 12.3 Å². The number of allylic oxidation sites excluding steroid dienone is 1. The fourth-order valence-corrected chi connectivity index (χ4v) is 1.06. The van der Waals surface area contributed by atoms with E-state index < -0.39 is 0 Å². The molecule has 76 valence electrons. The van der Waals surface area contributed by atoms with Gasteiger partial charge in [-0.3, -0.25) is 0 Å². The molecule has 0 aliphatic rings. The summed E-state index contributed by atoms with van der Waals surface area (Å²) in [4.78, 5) is 10.7. The average molecular weight is 183 g/mol. The second kappa shape index (κ2) is 7.84. The molecule has 0 unspecified atom stereocenters. The number of carbonyl (C=O) groups excluding carboxylic acids is 1. The van der Waals surface area contributed by atoms with E-state index in [1.54, 1.807) is 6.92 Å². The molecule has 0 heterocycles. The van der Waals surface area contributed by atoms with Gasteiger partial charge in [-0.2, -0.15) is 0 Å². The van der Waals surface area contributed by atoms with Crippen molar-refractivity contribution in [2.24, 2.45) is 0 Å². The first kappa shape index (κ1) is 12.2. The van der Waals surface area contributed by atoms with Gasteiger partial charge < -0.3 is 10.1 Å². The fraction of sp³-hybridized carbons (Fsp3) is 0.727. The summed E-state index contributed by atoms with van der Waals surface area (Å²) in [5.41, 5.74) is 0.992. The first-order valence-electron chi connectivity index (χ1n) is 5.08. The van der Waals surface area contributed by atoms with E-state index in [4.69, 9.17) is 0 Å². The minimum Gasteiger partial charge on any atom is -0.389 e. The maximum atomic E-state index is 10.7. The van der Waals surface area contributed by atoms with Crippen LogP contribution >= 0.6 is 0 Å². The average Bonchev–Trinajstić information content (AvgIpc) is 2.09. The van der Waals surface area contributed by atoms with E-state index in [-0.39, 0.29) is 5.78 Å². The monoisotopic (exact) mass is 183 g/mol. The Morgan fingerprint density at radius 3 is 2.54 bits per heavy atom. The van der Waals surface area contributed by atoms with Gasteiger partial charge in [0, 0.05) is 18.7 Å². The molecule has 0 aromatic heterocycles. The van der Waals surface area contributed by atoms with Crippen molar-refractivity contribution in [3.8, 4) is 0 Å². The van der Waals surface area contributed by atoms with Crippen LogP contribution in [0.5, 0.6) is 0 Å². The second-order valence-corrected chi connectivity index (χ2v) is 3.44. The largest absolute Gasteiger partial charge is 0.389 e. The van der Waals surface area contributed by atoms with Crippen LogP contribution < -0.4 is 5.32 Å². The molecule has 0 aliphatic carbocycles. The number of hydrogen-bond acceptors (Lipinski definition) is 2. The summed E-state index contributed by atoms with van der Waals surface area (Å²) in [7, 11) is 0. The minimum atomic E-state index is 0.233. The molecule has 13 heavy (non-hydrogen) atoms. The third-order valence-electron chi connectivity index (χ3n) is 1.93. The second-order valence-electron chi connectivity index (χ2n) is 3.44. The Hall–Kier alpha value is -0.790. The summed E-state index contributed by atoms with van der Waals surface area (Å²) in [5.74, 6) is 0.233. The van der Waals surface area contributed by atoms with Crippen molar-refractivity contribution in [1.82, 2.24) is 5.32 Å². The van der Waals surface area contributed by atoms with Crippen molar-refractivity contribution >= 4 is 5.78 Å². The van der Waals surface area contributed by atoms with Crippen LogP contribution in [0.25, 0.3) is 0 Å². The molecule has 0 saturated carbocycles. The molecule has 0 aromatic carbocycles. The van der Waals surface area contributed by atoms with E-state index in [9.17, 15) is 4.79 Å². The summed E-state index contributed by atoms with van der Waals surface area (Å²) in [6, 6.07) is 0. The number of hydrogen-bond donors (Lipinski definition) is 1. The van der Waals surface area contributed by atoms with Crippen molar-refractivity contribution in [2.75, 3.05) is 6.54 Å². The van der Waals surface area contributed by atoms with Gasteiger partial charge in [0.2, 0.25) is 0 Å². The van der Waals surface area contributed by atoms with Crippen LogP contribution in [0.15, 0.2) is 12.3 Å². The molecule has 0 rings (SSSR count). The highest BCUT2D eigenvalue weighted by Gasteiger charge is 1.96. The van der Waals surface area contributed by atoms with Gasteiger partial charge in [0.15, 0.2) is 0 Å². The predicted molar refractivity (Wildman–Crippen MR) is 56.6 cm³/mol. The van der Waals surface area contributed by atoms with Crippen LogP contribution in [0, 0.1) is 0 Å². The number of unbranched alkanes of at least 4 members (excludes halogenated alkanes) is 2.